The van der Waals surface area contributed by atoms with E-state index >= 15 is 0 Å². The molecule has 5 N–H and O–H groups in total. The summed E-state index contributed by atoms with van der Waals surface area (Å²) in [5, 5.41) is 37.9. The Bertz CT molecular complexity index is 1100. The molecule has 3 aromatic rings. The number of carbonyl (C=O) groups is 1. The largest absolute Gasteiger partial charge is 0.503 e. The second-order valence-corrected chi connectivity index (χ2v) is 6.82. The maximum Gasteiger partial charge on any atom is 0.277 e. The molecule has 158 valence electrons. The molecule has 0 unspecified atom stereocenters. The van der Waals surface area contributed by atoms with E-state index in [0.717, 1.165) is 5.56 Å². The van der Waals surface area contributed by atoms with Gasteiger partial charge in [0.15, 0.2) is 22.9 Å². The molecule has 0 aliphatic carbocycles. The Kier molecular flexibility index (Phi) is 5.67. The molecule has 0 aliphatic heterocycles. The smallest absolute Gasteiger partial charge is 0.277 e. The molecule has 0 saturated heterocycles. The number of benzene rings is 1. The number of nitrogens with zero attached hydrogens (tertiary/aromatic N) is 4. The van der Waals surface area contributed by atoms with Crippen molar-refractivity contribution in [3.8, 4) is 17.5 Å². The third-order valence-corrected chi connectivity index (χ3v) is 4.50. The zero-order valence-electron chi connectivity index (χ0n) is 17.1. The minimum absolute atomic E-state index is 0.0385. The van der Waals surface area contributed by atoms with Gasteiger partial charge in [-0.1, -0.05) is 37.3 Å². The number of carbonyl (C=O) groups excluding carboxylic acids is 1. The molecule has 0 bridgehead atoms. The molecule has 0 aliphatic rings. The van der Waals surface area contributed by atoms with Crippen LogP contribution in [0, 0.1) is 0 Å². The molecular formula is C20H24N6O4. The summed E-state index contributed by atoms with van der Waals surface area (Å²) < 4.78 is 1.26. The average molecular weight is 412 g/mol. The molecule has 1 amide bonds. The molecule has 0 fully saturated rings. The minimum atomic E-state index is -0.479. The number of hydrogen-bond acceptors (Lipinski definition) is 7. The molecule has 3 rings (SSSR count). The minimum Gasteiger partial charge on any atom is -0.503 e. The van der Waals surface area contributed by atoms with Crippen LogP contribution in [-0.2, 0) is 7.05 Å². The number of aliphatic imine (C=N–C) groups is 1. The molecule has 30 heavy (non-hydrogen) atoms. The van der Waals surface area contributed by atoms with Crippen LogP contribution in [0.2, 0.25) is 0 Å². The van der Waals surface area contributed by atoms with Crippen molar-refractivity contribution in [3.05, 3.63) is 41.6 Å². The highest BCUT2D eigenvalue weighted by atomic mass is 16.3. The van der Waals surface area contributed by atoms with Gasteiger partial charge in [-0.3, -0.25) is 9.78 Å². The van der Waals surface area contributed by atoms with Gasteiger partial charge < -0.3 is 25.5 Å². The SMILES string of the molecule is CCC(=Nc1c(O)[nH]c(O)c1Nc1c(O)c(C(=O)N(C)C)nn1C)c1ccccc1. The summed E-state index contributed by atoms with van der Waals surface area (Å²) in [5.74, 6) is -1.53. The lowest BCUT2D eigenvalue weighted by atomic mass is 10.1. The molecule has 10 nitrogen and oxygen atoms in total. The van der Waals surface area contributed by atoms with Crippen LogP contribution in [0.1, 0.15) is 29.4 Å². The predicted molar refractivity (Wildman–Crippen MR) is 113 cm³/mol. The summed E-state index contributed by atoms with van der Waals surface area (Å²) in [4.78, 5) is 20.4. The predicted octanol–water partition coefficient (Wildman–Crippen LogP) is 2.84. The topological polar surface area (TPSA) is 139 Å². The van der Waals surface area contributed by atoms with Crippen molar-refractivity contribution in [1.82, 2.24) is 19.7 Å². The van der Waals surface area contributed by atoms with Crippen LogP contribution in [0.25, 0.3) is 0 Å². The fourth-order valence-electron chi connectivity index (χ4n) is 2.93. The summed E-state index contributed by atoms with van der Waals surface area (Å²) in [6.45, 7) is 1.93. The Morgan fingerprint density at radius 3 is 2.47 bits per heavy atom. The molecule has 0 spiro atoms. The zero-order chi connectivity index (χ0) is 22.0. The lowest BCUT2D eigenvalue weighted by Crippen LogP contribution is -2.22. The number of hydrogen-bond donors (Lipinski definition) is 5. The summed E-state index contributed by atoms with van der Waals surface area (Å²) >= 11 is 0. The van der Waals surface area contributed by atoms with E-state index in [0.29, 0.717) is 12.1 Å². The average Bonchev–Trinajstić information content (AvgIpc) is 3.15. The van der Waals surface area contributed by atoms with Gasteiger partial charge in [-0.05, 0) is 12.0 Å². The highest BCUT2D eigenvalue weighted by Gasteiger charge is 2.26. The Balaban J connectivity index is 2.06. The molecular weight excluding hydrogens is 388 g/mol. The van der Waals surface area contributed by atoms with E-state index in [4.69, 9.17) is 0 Å². The third-order valence-electron chi connectivity index (χ3n) is 4.50. The van der Waals surface area contributed by atoms with Crippen LogP contribution in [-0.4, -0.2) is 60.7 Å². The van der Waals surface area contributed by atoms with Gasteiger partial charge in [0.25, 0.3) is 5.91 Å². The van der Waals surface area contributed by atoms with Crippen molar-refractivity contribution in [1.29, 1.82) is 0 Å². The van der Waals surface area contributed by atoms with Gasteiger partial charge in [-0.15, -0.1) is 0 Å². The van der Waals surface area contributed by atoms with Crippen molar-refractivity contribution in [3.63, 3.8) is 0 Å². The molecule has 1 aromatic carbocycles. The maximum atomic E-state index is 12.2. The van der Waals surface area contributed by atoms with E-state index in [2.05, 4.69) is 20.4 Å². The van der Waals surface area contributed by atoms with Crippen LogP contribution in [0.4, 0.5) is 17.2 Å². The Morgan fingerprint density at radius 1 is 1.20 bits per heavy atom. The fraction of sp³-hybridized carbons (Fsp3) is 0.250. The Labute approximate surface area is 173 Å². The quantitative estimate of drug-likeness (QED) is 0.395. The van der Waals surface area contributed by atoms with Crippen molar-refractivity contribution in [2.75, 3.05) is 19.4 Å². The van der Waals surface area contributed by atoms with Gasteiger partial charge in [0.05, 0.1) is 0 Å². The van der Waals surface area contributed by atoms with Gasteiger partial charge in [-0.25, -0.2) is 9.67 Å². The molecule has 0 radical (unpaired) electrons. The van der Waals surface area contributed by atoms with E-state index in [1.807, 2.05) is 37.3 Å². The first kappa shape index (κ1) is 20.8. The van der Waals surface area contributed by atoms with Crippen LogP contribution >= 0.6 is 0 Å². The fourth-order valence-corrected chi connectivity index (χ4v) is 2.93. The summed E-state index contributed by atoms with van der Waals surface area (Å²) in [6, 6.07) is 9.44. The van der Waals surface area contributed by atoms with Crippen LogP contribution in [0.5, 0.6) is 17.5 Å². The van der Waals surface area contributed by atoms with E-state index in [9.17, 15) is 20.1 Å². The highest BCUT2D eigenvalue weighted by molar-refractivity contribution is 6.03. The Morgan fingerprint density at radius 2 is 1.87 bits per heavy atom. The van der Waals surface area contributed by atoms with Crippen LogP contribution in [0.15, 0.2) is 35.3 Å². The lowest BCUT2D eigenvalue weighted by Gasteiger charge is -2.09. The number of aromatic hydroxyl groups is 3. The third kappa shape index (κ3) is 3.79. The highest BCUT2D eigenvalue weighted by Crippen LogP contribution is 2.45. The number of nitrogens with one attached hydrogen (secondary N) is 2. The van der Waals surface area contributed by atoms with E-state index in [1.54, 1.807) is 14.1 Å². The number of anilines is 2. The first-order valence-electron chi connectivity index (χ1n) is 9.26. The Hall–Kier alpha value is -3.95. The maximum absolute atomic E-state index is 12.2. The zero-order valence-corrected chi connectivity index (χ0v) is 17.1. The number of aryl methyl sites for hydroxylation is 1. The normalized spacial score (nSPS) is 11.5. The lowest BCUT2D eigenvalue weighted by molar-refractivity contribution is 0.0818. The van der Waals surface area contributed by atoms with Crippen molar-refractivity contribution in [2.24, 2.45) is 12.0 Å². The molecule has 2 heterocycles. The second kappa shape index (κ2) is 8.19. The number of aromatic amines is 1. The van der Waals surface area contributed by atoms with Gasteiger partial charge in [0.2, 0.25) is 11.8 Å². The van der Waals surface area contributed by atoms with E-state index in [1.165, 1.54) is 16.6 Å². The summed E-state index contributed by atoms with van der Waals surface area (Å²) in [6.07, 6.45) is 0.577. The van der Waals surface area contributed by atoms with Gasteiger partial charge in [0.1, 0.15) is 5.69 Å². The number of rotatable bonds is 6. The standard InChI is InChI=1S/C20H24N6O4/c1-5-12(11-9-7-6-8-10-11)21-13-14(19(29)23-18(13)28)22-17-16(27)15(24-26(17)4)20(30)25(2)3/h6-10,22-23,27-29H,5H2,1-4H3. The van der Waals surface area contributed by atoms with Crippen LogP contribution < -0.4 is 5.32 Å². The summed E-state index contributed by atoms with van der Waals surface area (Å²) in [5.41, 5.74) is 1.51. The molecule has 0 atom stereocenters. The first-order valence-corrected chi connectivity index (χ1v) is 9.26. The van der Waals surface area contributed by atoms with E-state index in [-0.39, 0.29) is 40.4 Å². The number of aromatic nitrogens is 3. The number of amides is 1. The van der Waals surface area contributed by atoms with Crippen molar-refractivity contribution in [2.45, 2.75) is 13.3 Å². The van der Waals surface area contributed by atoms with Crippen LogP contribution in [0.3, 0.4) is 0 Å². The monoisotopic (exact) mass is 412 g/mol. The first-order chi connectivity index (χ1) is 14.2. The number of H-pyrrole nitrogens is 1. The van der Waals surface area contributed by atoms with Crippen molar-refractivity contribution >= 4 is 28.8 Å². The molecule has 10 heteroatoms. The van der Waals surface area contributed by atoms with Gasteiger partial charge >= 0.3 is 0 Å². The van der Waals surface area contributed by atoms with Gasteiger partial charge in [-0.2, -0.15) is 5.10 Å². The molecule has 2 aromatic heterocycles. The van der Waals surface area contributed by atoms with Crippen molar-refractivity contribution < 1.29 is 20.1 Å². The van der Waals surface area contributed by atoms with E-state index < -0.39 is 5.91 Å². The molecule has 0 saturated carbocycles. The van der Waals surface area contributed by atoms with Gasteiger partial charge in [0, 0.05) is 26.9 Å². The second-order valence-electron chi connectivity index (χ2n) is 6.82. The summed E-state index contributed by atoms with van der Waals surface area (Å²) in [7, 11) is 4.62.